The number of rotatable bonds is 10. The Bertz CT molecular complexity index is 1600. The Balaban J connectivity index is 1.17. The van der Waals surface area contributed by atoms with Gasteiger partial charge in [0.1, 0.15) is 5.75 Å². The van der Waals surface area contributed by atoms with E-state index in [-0.39, 0.29) is 11.9 Å². The summed E-state index contributed by atoms with van der Waals surface area (Å²) in [6.45, 7) is 7.50. The van der Waals surface area contributed by atoms with Gasteiger partial charge in [-0.25, -0.2) is 13.6 Å². The number of halogens is 2. The number of methoxy groups -OCH3 is 1. The molecular weight excluding hydrogens is 576 g/mol. The largest absolute Gasteiger partial charge is 0.493 e. The van der Waals surface area contributed by atoms with Gasteiger partial charge in [-0.15, -0.1) is 0 Å². The number of carbonyl (C=O) groups excluding carboxylic acids is 2. The van der Waals surface area contributed by atoms with Gasteiger partial charge in [-0.3, -0.25) is 14.7 Å². The second kappa shape index (κ2) is 13.3. The van der Waals surface area contributed by atoms with Crippen molar-refractivity contribution in [2.75, 3.05) is 33.4 Å². The van der Waals surface area contributed by atoms with Crippen molar-refractivity contribution in [1.82, 2.24) is 14.8 Å². The molecule has 1 amide bonds. The van der Waals surface area contributed by atoms with Crippen LogP contribution in [-0.2, 0) is 24.1 Å². The van der Waals surface area contributed by atoms with Crippen LogP contribution in [0.1, 0.15) is 95.1 Å². The van der Waals surface area contributed by atoms with Crippen molar-refractivity contribution in [2.45, 2.75) is 77.3 Å². The standard InChI is InChI=1S/C36H41F2N3O4/c1-4-6-31-28(36(43)44-3)20-27-32(39-31)13-16-41(35(27)42)25-11-14-40(15-12-25)21-22-17-26(23-7-8-23)34(33(18-22)45-5-2)24-9-10-29(37)30(38)19-24/h9-10,17-20,23,25H,4-8,11-16,21H2,1-3H3. The van der Waals surface area contributed by atoms with Gasteiger partial charge in [0.05, 0.1) is 36.2 Å². The highest BCUT2D eigenvalue weighted by Gasteiger charge is 2.35. The lowest BCUT2D eigenvalue weighted by Gasteiger charge is -2.40. The van der Waals surface area contributed by atoms with Crippen LogP contribution in [0.5, 0.6) is 5.75 Å². The van der Waals surface area contributed by atoms with Crippen LogP contribution in [0.15, 0.2) is 36.4 Å². The van der Waals surface area contributed by atoms with Gasteiger partial charge in [0.15, 0.2) is 11.6 Å². The fourth-order valence-corrected chi connectivity index (χ4v) is 6.90. The van der Waals surface area contributed by atoms with Gasteiger partial charge < -0.3 is 14.4 Å². The number of carbonyl (C=O) groups is 2. The van der Waals surface area contributed by atoms with Crippen molar-refractivity contribution in [3.05, 3.63) is 81.7 Å². The van der Waals surface area contributed by atoms with Gasteiger partial charge in [0.25, 0.3) is 5.91 Å². The van der Waals surface area contributed by atoms with Crippen molar-refractivity contribution >= 4 is 11.9 Å². The van der Waals surface area contributed by atoms with Crippen LogP contribution in [0.2, 0.25) is 0 Å². The third-order valence-electron chi connectivity index (χ3n) is 9.28. The van der Waals surface area contributed by atoms with Crippen molar-refractivity contribution in [2.24, 2.45) is 0 Å². The number of aryl methyl sites for hydroxylation is 1. The van der Waals surface area contributed by atoms with E-state index in [1.165, 1.54) is 19.2 Å². The molecule has 0 radical (unpaired) electrons. The predicted molar refractivity (Wildman–Crippen MR) is 168 cm³/mol. The summed E-state index contributed by atoms with van der Waals surface area (Å²) in [7, 11) is 1.35. The predicted octanol–water partition coefficient (Wildman–Crippen LogP) is 6.70. The number of amides is 1. The molecule has 0 atom stereocenters. The first-order valence-corrected chi connectivity index (χ1v) is 16.2. The SMILES string of the molecule is CCCc1nc2c(cc1C(=O)OC)C(=O)N(C1CCN(Cc3cc(OCC)c(-c4ccc(F)c(F)c4)c(C4CC4)c3)CC1)CC2. The molecule has 1 saturated heterocycles. The first-order valence-electron chi connectivity index (χ1n) is 16.2. The number of aromatic nitrogens is 1. The highest BCUT2D eigenvalue weighted by atomic mass is 19.2. The van der Waals surface area contributed by atoms with Crippen LogP contribution in [0.3, 0.4) is 0 Å². The maximum absolute atomic E-state index is 14.2. The van der Waals surface area contributed by atoms with E-state index < -0.39 is 17.6 Å². The molecule has 1 saturated carbocycles. The summed E-state index contributed by atoms with van der Waals surface area (Å²) >= 11 is 0. The number of pyridine rings is 1. The minimum atomic E-state index is -0.860. The van der Waals surface area contributed by atoms with E-state index in [0.717, 1.165) is 74.1 Å². The highest BCUT2D eigenvalue weighted by molar-refractivity contribution is 6.00. The monoisotopic (exact) mass is 617 g/mol. The molecular formula is C36H41F2N3O4. The van der Waals surface area contributed by atoms with E-state index in [4.69, 9.17) is 14.5 Å². The molecule has 1 aromatic heterocycles. The van der Waals surface area contributed by atoms with Crippen LogP contribution in [0, 0.1) is 11.6 Å². The molecule has 0 bridgehead atoms. The summed E-state index contributed by atoms with van der Waals surface area (Å²) in [5.74, 6) is -1.14. The zero-order valence-electron chi connectivity index (χ0n) is 26.3. The Morgan fingerprint density at radius 1 is 1.00 bits per heavy atom. The van der Waals surface area contributed by atoms with Gasteiger partial charge in [0.2, 0.25) is 0 Å². The van der Waals surface area contributed by atoms with E-state index in [0.29, 0.717) is 60.0 Å². The van der Waals surface area contributed by atoms with E-state index in [9.17, 15) is 18.4 Å². The van der Waals surface area contributed by atoms with Crippen molar-refractivity contribution in [3.63, 3.8) is 0 Å². The zero-order valence-corrected chi connectivity index (χ0v) is 26.3. The van der Waals surface area contributed by atoms with Crippen LogP contribution >= 0.6 is 0 Å². The first kappa shape index (κ1) is 31.1. The van der Waals surface area contributed by atoms with E-state index in [2.05, 4.69) is 11.0 Å². The molecule has 3 aromatic rings. The van der Waals surface area contributed by atoms with Crippen LogP contribution in [0.25, 0.3) is 11.1 Å². The second-order valence-corrected chi connectivity index (χ2v) is 12.4. The van der Waals surface area contributed by atoms with Gasteiger partial charge >= 0.3 is 5.97 Å². The molecule has 45 heavy (non-hydrogen) atoms. The summed E-state index contributed by atoms with van der Waals surface area (Å²) < 4.78 is 39.0. The molecule has 9 heteroatoms. The Morgan fingerprint density at radius 2 is 1.78 bits per heavy atom. The molecule has 2 aliphatic heterocycles. The Morgan fingerprint density at radius 3 is 2.44 bits per heavy atom. The number of piperidine rings is 1. The van der Waals surface area contributed by atoms with Gasteiger partial charge in [-0.05, 0) is 85.9 Å². The van der Waals surface area contributed by atoms with Gasteiger partial charge in [-0.2, -0.15) is 0 Å². The third-order valence-corrected chi connectivity index (χ3v) is 9.28. The summed E-state index contributed by atoms with van der Waals surface area (Å²) in [5, 5.41) is 0. The molecule has 2 aromatic carbocycles. The number of benzene rings is 2. The average Bonchev–Trinajstić information content (AvgIpc) is 3.89. The fraction of sp³-hybridized carbons (Fsp3) is 0.472. The number of esters is 1. The Hall–Kier alpha value is -3.85. The Labute approximate surface area is 263 Å². The molecule has 3 heterocycles. The maximum atomic E-state index is 14.2. The van der Waals surface area contributed by atoms with Gasteiger partial charge in [-0.1, -0.05) is 25.5 Å². The lowest BCUT2D eigenvalue weighted by atomic mass is 9.92. The lowest BCUT2D eigenvalue weighted by Crippen LogP contribution is -2.50. The number of hydrogen-bond donors (Lipinski definition) is 0. The van der Waals surface area contributed by atoms with E-state index in [1.54, 1.807) is 12.1 Å². The number of ether oxygens (including phenoxy) is 2. The number of hydrogen-bond acceptors (Lipinski definition) is 6. The molecule has 3 aliphatic rings. The Kier molecular flexibility index (Phi) is 9.17. The van der Waals surface area contributed by atoms with E-state index >= 15 is 0 Å². The minimum absolute atomic E-state index is 0.0568. The normalized spacial score (nSPS) is 17.4. The van der Waals surface area contributed by atoms with Crippen molar-refractivity contribution < 1.29 is 27.8 Å². The summed E-state index contributed by atoms with van der Waals surface area (Å²) in [5.41, 5.74) is 6.14. The number of fused-ring (bicyclic) bond motifs is 1. The molecule has 0 N–H and O–H groups in total. The molecule has 7 nitrogen and oxygen atoms in total. The molecule has 6 rings (SSSR count). The molecule has 0 spiro atoms. The highest BCUT2D eigenvalue weighted by Crippen LogP contribution is 2.48. The quantitative estimate of drug-likeness (QED) is 0.236. The lowest BCUT2D eigenvalue weighted by molar-refractivity contribution is 0.0543. The van der Waals surface area contributed by atoms with Crippen LogP contribution in [-0.4, -0.2) is 66.1 Å². The third kappa shape index (κ3) is 6.45. The minimum Gasteiger partial charge on any atom is -0.493 e. The molecule has 1 aliphatic carbocycles. The first-order chi connectivity index (χ1) is 21.8. The second-order valence-electron chi connectivity index (χ2n) is 12.4. The van der Waals surface area contributed by atoms with E-state index in [1.807, 2.05) is 24.8 Å². The van der Waals surface area contributed by atoms with Crippen molar-refractivity contribution in [3.8, 4) is 16.9 Å². The topological polar surface area (TPSA) is 72.0 Å². The molecule has 2 fully saturated rings. The van der Waals surface area contributed by atoms with Gasteiger partial charge in [0, 0.05) is 44.2 Å². The number of nitrogens with zero attached hydrogens (tertiary/aromatic N) is 3. The average molecular weight is 618 g/mol. The number of likely N-dealkylation sites (tertiary alicyclic amines) is 1. The maximum Gasteiger partial charge on any atom is 0.339 e. The molecule has 238 valence electrons. The zero-order chi connectivity index (χ0) is 31.7. The summed E-state index contributed by atoms with van der Waals surface area (Å²) in [4.78, 5) is 35.3. The smallest absolute Gasteiger partial charge is 0.339 e. The molecule has 0 unspecified atom stereocenters. The van der Waals surface area contributed by atoms with Crippen molar-refractivity contribution in [1.29, 1.82) is 0 Å². The summed E-state index contributed by atoms with van der Waals surface area (Å²) in [6.07, 6.45) is 6.03. The fourth-order valence-electron chi connectivity index (χ4n) is 6.90. The van der Waals surface area contributed by atoms with Crippen LogP contribution < -0.4 is 4.74 Å². The summed E-state index contributed by atoms with van der Waals surface area (Å²) in [6, 6.07) is 10.1. The van der Waals surface area contributed by atoms with Crippen LogP contribution in [0.4, 0.5) is 8.78 Å².